The normalized spacial score (nSPS) is 17.7. The lowest BCUT2D eigenvalue weighted by Crippen LogP contribution is -2.34. The molecule has 0 bridgehead atoms. The molecule has 8 heteroatoms. The summed E-state index contributed by atoms with van der Waals surface area (Å²) >= 11 is 5.87. The summed E-state index contributed by atoms with van der Waals surface area (Å²) in [5, 5.41) is 5.58. The summed E-state index contributed by atoms with van der Waals surface area (Å²) in [6, 6.07) is 13.3. The molecule has 27 heavy (non-hydrogen) atoms. The monoisotopic (exact) mass is 397 g/mol. The van der Waals surface area contributed by atoms with Crippen LogP contribution in [0.2, 0.25) is 5.02 Å². The number of anilines is 2. The number of carbonyl (C=O) groups excluding carboxylic acids is 1. The number of benzene rings is 2. The van der Waals surface area contributed by atoms with Crippen LogP contribution in [0.25, 0.3) is 0 Å². The molecule has 0 radical (unpaired) electrons. The first-order valence-corrected chi connectivity index (χ1v) is 8.90. The summed E-state index contributed by atoms with van der Waals surface area (Å²) < 4.78 is 39.3. The lowest BCUT2D eigenvalue weighted by atomic mass is 10.1. The van der Waals surface area contributed by atoms with Crippen LogP contribution in [0.5, 0.6) is 0 Å². The van der Waals surface area contributed by atoms with Crippen LogP contribution in [0.15, 0.2) is 48.5 Å². The molecular weight excluding hydrogens is 379 g/mol. The van der Waals surface area contributed by atoms with Crippen molar-refractivity contribution in [2.45, 2.75) is 18.6 Å². The van der Waals surface area contributed by atoms with E-state index in [4.69, 9.17) is 11.6 Å². The Hall–Kier alpha value is -2.25. The van der Waals surface area contributed by atoms with E-state index in [-0.39, 0.29) is 17.6 Å². The Labute approximate surface area is 160 Å². The molecule has 144 valence electrons. The van der Waals surface area contributed by atoms with E-state index in [9.17, 15) is 18.0 Å². The summed E-state index contributed by atoms with van der Waals surface area (Å²) in [7, 11) is 0. The Balaban J connectivity index is 1.58. The molecule has 1 heterocycles. The van der Waals surface area contributed by atoms with Gasteiger partial charge in [0.15, 0.2) is 0 Å². The van der Waals surface area contributed by atoms with Gasteiger partial charge in [0.2, 0.25) is 5.91 Å². The Morgan fingerprint density at radius 3 is 2.59 bits per heavy atom. The highest BCUT2D eigenvalue weighted by molar-refractivity contribution is 6.34. The Morgan fingerprint density at radius 2 is 1.89 bits per heavy atom. The number of rotatable bonds is 5. The van der Waals surface area contributed by atoms with Crippen LogP contribution in [0.3, 0.4) is 0 Å². The van der Waals surface area contributed by atoms with E-state index in [1.807, 2.05) is 35.2 Å². The molecule has 0 aliphatic carbocycles. The van der Waals surface area contributed by atoms with Crippen LogP contribution in [-0.4, -0.2) is 36.5 Å². The van der Waals surface area contributed by atoms with E-state index in [2.05, 4.69) is 10.6 Å². The summed E-state index contributed by atoms with van der Waals surface area (Å²) in [6.07, 6.45) is -3.74. The molecule has 2 aromatic carbocycles. The van der Waals surface area contributed by atoms with Gasteiger partial charge in [0.1, 0.15) is 0 Å². The van der Waals surface area contributed by atoms with Gasteiger partial charge in [0.25, 0.3) is 0 Å². The van der Waals surface area contributed by atoms with E-state index >= 15 is 0 Å². The second kappa shape index (κ2) is 8.19. The van der Waals surface area contributed by atoms with Crippen molar-refractivity contribution >= 4 is 28.9 Å². The minimum absolute atomic E-state index is 0.00941. The van der Waals surface area contributed by atoms with Gasteiger partial charge in [-0.1, -0.05) is 35.9 Å². The number of likely N-dealkylation sites (tertiary alicyclic amines) is 1. The van der Waals surface area contributed by atoms with Crippen molar-refractivity contribution in [3.05, 3.63) is 59.1 Å². The fourth-order valence-electron chi connectivity index (χ4n) is 3.13. The quantitative estimate of drug-likeness (QED) is 0.781. The van der Waals surface area contributed by atoms with Gasteiger partial charge in [-0.25, -0.2) is 0 Å². The van der Waals surface area contributed by atoms with Crippen molar-refractivity contribution in [3.63, 3.8) is 0 Å². The first kappa shape index (κ1) is 19.5. The summed E-state index contributed by atoms with van der Waals surface area (Å²) in [5.74, 6) is -0.519. The van der Waals surface area contributed by atoms with E-state index in [1.165, 1.54) is 12.1 Å². The molecule has 1 aliphatic heterocycles. The van der Waals surface area contributed by atoms with Gasteiger partial charge < -0.3 is 10.6 Å². The number of nitrogens with one attached hydrogen (secondary N) is 2. The molecule has 2 N–H and O–H groups in total. The van der Waals surface area contributed by atoms with Gasteiger partial charge in [-0.3, -0.25) is 9.69 Å². The molecule has 1 aliphatic rings. The van der Waals surface area contributed by atoms with Crippen LogP contribution < -0.4 is 10.6 Å². The van der Waals surface area contributed by atoms with E-state index < -0.39 is 23.3 Å². The van der Waals surface area contributed by atoms with Gasteiger partial charge in [0, 0.05) is 24.8 Å². The molecule has 0 aromatic heterocycles. The average molecular weight is 398 g/mol. The largest absolute Gasteiger partial charge is 0.418 e. The SMILES string of the molecule is O=C(CN1CCC(Nc2ccccc2)C1)Nc1c(Cl)cccc1C(F)(F)F. The third-order valence-corrected chi connectivity index (χ3v) is 4.68. The Morgan fingerprint density at radius 1 is 1.15 bits per heavy atom. The van der Waals surface area contributed by atoms with Crippen molar-refractivity contribution in [3.8, 4) is 0 Å². The second-order valence-electron chi connectivity index (χ2n) is 6.44. The summed E-state index contributed by atoms with van der Waals surface area (Å²) in [4.78, 5) is 14.2. The van der Waals surface area contributed by atoms with Gasteiger partial charge >= 0.3 is 6.18 Å². The number of halogens is 4. The maximum absolute atomic E-state index is 13.1. The third-order valence-electron chi connectivity index (χ3n) is 4.37. The summed E-state index contributed by atoms with van der Waals surface area (Å²) in [6.45, 7) is 1.33. The summed E-state index contributed by atoms with van der Waals surface area (Å²) in [5.41, 5.74) is -0.345. The predicted octanol–water partition coefficient (Wildman–Crippen LogP) is 4.48. The first-order chi connectivity index (χ1) is 12.8. The number of nitrogens with zero attached hydrogens (tertiary/aromatic N) is 1. The highest BCUT2D eigenvalue weighted by atomic mass is 35.5. The minimum Gasteiger partial charge on any atom is -0.381 e. The molecule has 0 spiro atoms. The van der Waals surface area contributed by atoms with Gasteiger partial charge in [0.05, 0.1) is 22.8 Å². The fourth-order valence-corrected chi connectivity index (χ4v) is 3.36. The number of hydrogen-bond donors (Lipinski definition) is 2. The minimum atomic E-state index is -4.59. The number of alkyl halides is 3. The third kappa shape index (κ3) is 5.14. The van der Waals surface area contributed by atoms with E-state index in [1.54, 1.807) is 0 Å². The Bertz CT molecular complexity index is 799. The van der Waals surface area contributed by atoms with Crippen molar-refractivity contribution in [1.82, 2.24) is 4.90 Å². The van der Waals surface area contributed by atoms with Crippen LogP contribution in [0.4, 0.5) is 24.5 Å². The lowest BCUT2D eigenvalue weighted by Gasteiger charge is -2.19. The van der Waals surface area contributed by atoms with E-state index in [0.29, 0.717) is 13.1 Å². The van der Waals surface area contributed by atoms with Crippen molar-refractivity contribution in [2.24, 2.45) is 0 Å². The number of para-hydroxylation sites is 2. The zero-order valence-electron chi connectivity index (χ0n) is 14.4. The van der Waals surface area contributed by atoms with Crippen molar-refractivity contribution < 1.29 is 18.0 Å². The molecule has 1 atom stereocenters. The zero-order valence-corrected chi connectivity index (χ0v) is 15.1. The second-order valence-corrected chi connectivity index (χ2v) is 6.85. The molecule has 0 saturated carbocycles. The maximum Gasteiger partial charge on any atom is 0.418 e. The standard InChI is InChI=1S/C19H19ClF3N3O/c20-16-8-4-7-15(19(21,22)23)18(16)25-17(27)12-26-10-9-14(11-26)24-13-5-2-1-3-6-13/h1-8,14,24H,9-12H2,(H,25,27). The van der Waals surface area contributed by atoms with Crippen LogP contribution in [0.1, 0.15) is 12.0 Å². The topological polar surface area (TPSA) is 44.4 Å². The highest BCUT2D eigenvalue weighted by Crippen LogP contribution is 2.38. The van der Waals surface area contributed by atoms with Crippen molar-refractivity contribution in [2.75, 3.05) is 30.3 Å². The molecule has 1 amide bonds. The van der Waals surface area contributed by atoms with Gasteiger partial charge in [-0.15, -0.1) is 0 Å². The van der Waals surface area contributed by atoms with Crippen molar-refractivity contribution in [1.29, 1.82) is 0 Å². The molecule has 3 rings (SSSR count). The number of hydrogen-bond acceptors (Lipinski definition) is 3. The van der Waals surface area contributed by atoms with E-state index in [0.717, 1.165) is 18.2 Å². The molecular formula is C19H19ClF3N3O. The molecule has 1 saturated heterocycles. The molecule has 4 nitrogen and oxygen atoms in total. The fraction of sp³-hybridized carbons (Fsp3) is 0.316. The maximum atomic E-state index is 13.1. The highest BCUT2D eigenvalue weighted by Gasteiger charge is 2.35. The van der Waals surface area contributed by atoms with Gasteiger partial charge in [-0.2, -0.15) is 13.2 Å². The molecule has 1 fully saturated rings. The molecule has 1 unspecified atom stereocenters. The van der Waals surface area contributed by atoms with Crippen LogP contribution >= 0.6 is 11.6 Å². The zero-order chi connectivity index (χ0) is 19.4. The van der Waals surface area contributed by atoms with Crippen LogP contribution in [0, 0.1) is 0 Å². The van der Waals surface area contributed by atoms with Gasteiger partial charge in [-0.05, 0) is 30.7 Å². The Kier molecular flexibility index (Phi) is 5.92. The number of carbonyl (C=O) groups is 1. The van der Waals surface area contributed by atoms with Crippen LogP contribution in [-0.2, 0) is 11.0 Å². The average Bonchev–Trinajstić information content (AvgIpc) is 3.03. The first-order valence-electron chi connectivity index (χ1n) is 8.52. The predicted molar refractivity (Wildman–Crippen MR) is 100.0 cm³/mol. The number of amides is 1. The smallest absolute Gasteiger partial charge is 0.381 e. The molecule has 2 aromatic rings. The lowest BCUT2D eigenvalue weighted by molar-refractivity contribution is -0.137.